The van der Waals surface area contributed by atoms with Crippen LogP contribution >= 0.6 is 0 Å². The zero-order chi connectivity index (χ0) is 17.0. The highest BCUT2D eigenvalue weighted by molar-refractivity contribution is 5.77. The molecule has 126 valence electrons. The van der Waals surface area contributed by atoms with E-state index in [1.807, 2.05) is 0 Å². The number of nitrogen functional groups attached to an aromatic ring is 1. The molecule has 4 atom stereocenters. The molecule has 11 heteroatoms. The van der Waals surface area contributed by atoms with Crippen LogP contribution in [0.5, 0.6) is 5.88 Å². The fourth-order valence-electron chi connectivity index (χ4n) is 2.64. The van der Waals surface area contributed by atoms with E-state index in [1.165, 1.54) is 14.0 Å². The summed E-state index contributed by atoms with van der Waals surface area (Å²) in [5.74, 6) is -2.50. The van der Waals surface area contributed by atoms with Gasteiger partial charge in [-0.3, -0.25) is 4.57 Å². The fourth-order valence-corrected chi connectivity index (χ4v) is 2.64. The largest absolute Gasteiger partial charge is 0.479 e. The molecule has 0 spiro atoms. The molecule has 1 aliphatic heterocycles. The summed E-state index contributed by atoms with van der Waals surface area (Å²) in [5.41, 5.74) is 3.66. The number of nitrogens with zero attached hydrogens (tertiary/aromatic N) is 4. The van der Waals surface area contributed by atoms with Crippen molar-refractivity contribution in [3.8, 4) is 5.88 Å². The maximum Gasteiger partial charge on any atom is 0.288 e. The van der Waals surface area contributed by atoms with Gasteiger partial charge in [0.15, 0.2) is 16.8 Å². The van der Waals surface area contributed by atoms with E-state index in [-0.39, 0.29) is 23.0 Å². The highest BCUT2D eigenvalue weighted by atomic mass is 16.7. The number of methoxy groups -OCH3 is 1. The highest BCUT2D eigenvalue weighted by Gasteiger charge is 2.64. The Balaban J connectivity index is 2.22. The lowest BCUT2D eigenvalue weighted by Gasteiger charge is -2.34. The van der Waals surface area contributed by atoms with Gasteiger partial charge in [-0.05, 0) is 6.92 Å². The lowest BCUT2D eigenvalue weighted by Crippen LogP contribution is -2.55. The van der Waals surface area contributed by atoms with Gasteiger partial charge in [-0.25, -0.2) is 4.98 Å². The van der Waals surface area contributed by atoms with Crippen LogP contribution in [-0.4, -0.2) is 71.5 Å². The first-order valence-corrected chi connectivity index (χ1v) is 6.72. The molecule has 1 unspecified atom stereocenters. The van der Waals surface area contributed by atoms with E-state index < -0.39 is 30.3 Å². The van der Waals surface area contributed by atoms with Crippen LogP contribution in [-0.2, 0) is 10.6 Å². The summed E-state index contributed by atoms with van der Waals surface area (Å²) in [5, 5.41) is 40.7. The summed E-state index contributed by atoms with van der Waals surface area (Å²) >= 11 is 0. The Bertz CT molecular complexity index is 749. The first-order chi connectivity index (χ1) is 10.8. The van der Waals surface area contributed by atoms with Gasteiger partial charge in [0.2, 0.25) is 11.8 Å². The molecule has 3 heterocycles. The van der Waals surface area contributed by atoms with Crippen molar-refractivity contribution in [2.24, 2.45) is 0 Å². The maximum atomic E-state index is 10.8. The number of ether oxygens (including phenoxy) is 2. The lowest BCUT2D eigenvalue weighted by atomic mass is 9.94. The number of aliphatic hydroxyl groups is 4. The minimum atomic E-state index is -2.43. The van der Waals surface area contributed by atoms with Gasteiger partial charge in [0.1, 0.15) is 18.5 Å². The fraction of sp³-hybridized carbons (Fsp3) is 0.583. The Hall–Kier alpha value is -2.05. The molecule has 0 saturated carbocycles. The molecule has 2 aromatic rings. The van der Waals surface area contributed by atoms with E-state index >= 15 is 0 Å². The number of imidazole rings is 1. The molecule has 3 rings (SSSR count). The van der Waals surface area contributed by atoms with Gasteiger partial charge in [-0.15, -0.1) is 0 Å². The number of aliphatic hydroxyl groups excluding tert-OH is 2. The summed E-state index contributed by atoms with van der Waals surface area (Å²) < 4.78 is 11.3. The van der Waals surface area contributed by atoms with Gasteiger partial charge in [0, 0.05) is 0 Å². The summed E-state index contributed by atoms with van der Waals surface area (Å²) in [6.07, 6.45) is -1.60. The van der Waals surface area contributed by atoms with Crippen LogP contribution in [0.15, 0.2) is 6.33 Å². The second kappa shape index (κ2) is 4.97. The van der Waals surface area contributed by atoms with Crippen LogP contribution < -0.4 is 10.5 Å². The number of hydrogen-bond donors (Lipinski definition) is 5. The average Bonchev–Trinajstić information content (AvgIpc) is 3.00. The van der Waals surface area contributed by atoms with E-state index in [0.717, 1.165) is 10.9 Å². The molecular weight excluding hydrogens is 310 g/mol. The van der Waals surface area contributed by atoms with Gasteiger partial charge in [0.25, 0.3) is 5.91 Å². The molecular formula is C12H17N5O6. The third-order valence-electron chi connectivity index (χ3n) is 3.98. The average molecular weight is 327 g/mol. The van der Waals surface area contributed by atoms with Crippen molar-refractivity contribution in [2.45, 2.75) is 30.6 Å². The van der Waals surface area contributed by atoms with Crippen molar-refractivity contribution in [3.63, 3.8) is 0 Å². The van der Waals surface area contributed by atoms with E-state index in [2.05, 4.69) is 15.0 Å². The van der Waals surface area contributed by atoms with E-state index in [9.17, 15) is 20.4 Å². The Labute approximate surface area is 129 Å². The third kappa shape index (κ3) is 1.98. The summed E-state index contributed by atoms with van der Waals surface area (Å²) in [7, 11) is 1.36. The number of hydrogen-bond acceptors (Lipinski definition) is 10. The van der Waals surface area contributed by atoms with Gasteiger partial charge in [-0.2, -0.15) is 9.97 Å². The van der Waals surface area contributed by atoms with Crippen molar-refractivity contribution < 1.29 is 29.9 Å². The Morgan fingerprint density at radius 3 is 2.70 bits per heavy atom. The number of rotatable bonds is 3. The van der Waals surface area contributed by atoms with Gasteiger partial charge < -0.3 is 35.6 Å². The second-order valence-electron chi connectivity index (χ2n) is 5.42. The minimum Gasteiger partial charge on any atom is -0.479 e. The third-order valence-corrected chi connectivity index (χ3v) is 3.98. The molecule has 6 N–H and O–H groups in total. The van der Waals surface area contributed by atoms with Crippen LogP contribution in [0.4, 0.5) is 5.95 Å². The second-order valence-corrected chi connectivity index (χ2v) is 5.42. The molecule has 1 fully saturated rings. The Morgan fingerprint density at radius 2 is 2.13 bits per heavy atom. The Morgan fingerprint density at radius 1 is 1.43 bits per heavy atom. The molecule has 2 aromatic heterocycles. The van der Waals surface area contributed by atoms with Crippen LogP contribution in [0.1, 0.15) is 6.92 Å². The van der Waals surface area contributed by atoms with E-state index in [0.29, 0.717) is 0 Å². The molecule has 0 amide bonds. The first-order valence-electron chi connectivity index (χ1n) is 6.72. The molecule has 1 aliphatic rings. The van der Waals surface area contributed by atoms with Crippen molar-refractivity contribution >= 4 is 17.1 Å². The van der Waals surface area contributed by atoms with Gasteiger partial charge >= 0.3 is 0 Å². The van der Waals surface area contributed by atoms with Crippen molar-refractivity contribution in [2.75, 3.05) is 19.5 Å². The normalized spacial score (nSPS) is 34.2. The van der Waals surface area contributed by atoms with Gasteiger partial charge in [0.05, 0.1) is 13.7 Å². The summed E-state index contributed by atoms with van der Waals surface area (Å²) in [6, 6.07) is 0. The lowest BCUT2D eigenvalue weighted by molar-refractivity contribution is -0.317. The molecule has 11 nitrogen and oxygen atoms in total. The maximum absolute atomic E-state index is 10.8. The SMILES string of the molecule is COc1nc(N)nc2c1ncn2C1(O)O[C@H](CO)[C@@H](O)[C@@]1(C)O. The van der Waals surface area contributed by atoms with Crippen molar-refractivity contribution in [1.29, 1.82) is 0 Å². The van der Waals surface area contributed by atoms with Crippen molar-refractivity contribution in [1.82, 2.24) is 19.5 Å². The monoisotopic (exact) mass is 327 g/mol. The van der Waals surface area contributed by atoms with Crippen LogP contribution in [0.25, 0.3) is 11.2 Å². The number of fused-ring (bicyclic) bond motifs is 1. The number of nitrogens with two attached hydrogens (primary N) is 1. The zero-order valence-electron chi connectivity index (χ0n) is 12.4. The first kappa shape index (κ1) is 15.8. The topological polar surface area (TPSA) is 169 Å². The van der Waals surface area contributed by atoms with Crippen LogP contribution in [0.3, 0.4) is 0 Å². The predicted octanol–water partition coefficient (Wildman–Crippen LogP) is -2.48. The standard InChI is InChI=1S/C12H17N5O6/c1-11(20)7(19)5(3-18)23-12(11,21)17-4-14-6-8(17)15-10(13)16-9(6)22-2/h4-5,7,18-21H,3H2,1-2H3,(H2,13,15,16)/t5-,7-,11-,12?/m1/s1. The highest BCUT2D eigenvalue weighted by Crippen LogP contribution is 2.43. The van der Waals surface area contributed by atoms with E-state index in [4.69, 9.17) is 15.2 Å². The van der Waals surface area contributed by atoms with Crippen LogP contribution in [0, 0.1) is 0 Å². The molecule has 0 radical (unpaired) electrons. The quantitative estimate of drug-likeness (QED) is 0.407. The van der Waals surface area contributed by atoms with Crippen LogP contribution in [0.2, 0.25) is 0 Å². The number of anilines is 1. The predicted molar refractivity (Wildman–Crippen MR) is 75.1 cm³/mol. The van der Waals surface area contributed by atoms with E-state index in [1.54, 1.807) is 0 Å². The zero-order valence-corrected chi connectivity index (χ0v) is 12.4. The summed E-state index contributed by atoms with van der Waals surface area (Å²) in [6.45, 7) is 0.563. The smallest absolute Gasteiger partial charge is 0.288 e. The van der Waals surface area contributed by atoms with Crippen molar-refractivity contribution in [3.05, 3.63) is 6.33 Å². The van der Waals surface area contributed by atoms with Gasteiger partial charge in [-0.1, -0.05) is 0 Å². The summed E-state index contributed by atoms with van der Waals surface area (Å²) in [4.78, 5) is 11.9. The Kier molecular flexibility index (Phi) is 3.42. The molecule has 23 heavy (non-hydrogen) atoms. The molecule has 0 aliphatic carbocycles. The molecule has 0 bridgehead atoms. The number of aromatic nitrogens is 4. The molecule has 0 aromatic carbocycles. The molecule has 1 saturated heterocycles. The minimum absolute atomic E-state index is 0.0305.